The van der Waals surface area contributed by atoms with E-state index in [4.69, 9.17) is 0 Å². The first kappa shape index (κ1) is 11.2. The van der Waals surface area contributed by atoms with Gasteiger partial charge in [-0.15, -0.1) is 0 Å². The molecule has 0 aliphatic carbocycles. The highest BCUT2D eigenvalue weighted by molar-refractivity contribution is 5.91. The van der Waals surface area contributed by atoms with Crippen LogP contribution < -0.4 is 5.32 Å². The normalized spacial score (nSPS) is 9.80. The number of carbonyl (C=O) groups excluding carboxylic acids is 1. The SMILES string of the molecule is CC(=O)Nc1ccc(C)c(C)c1[N+](=O)[O-]. The molecule has 0 aromatic heterocycles. The number of carbonyl (C=O) groups is 1. The van der Waals surface area contributed by atoms with Crippen molar-refractivity contribution < 1.29 is 9.72 Å². The first-order valence-electron chi connectivity index (χ1n) is 4.45. The lowest BCUT2D eigenvalue weighted by atomic mass is 10.1. The summed E-state index contributed by atoms with van der Waals surface area (Å²) in [6, 6.07) is 3.29. The molecule has 15 heavy (non-hydrogen) atoms. The molecule has 0 atom stereocenters. The topological polar surface area (TPSA) is 72.2 Å². The Hall–Kier alpha value is -1.91. The number of hydrogen-bond acceptors (Lipinski definition) is 3. The van der Waals surface area contributed by atoms with Crippen molar-refractivity contribution in [2.45, 2.75) is 20.8 Å². The molecule has 0 bridgehead atoms. The van der Waals surface area contributed by atoms with Crippen molar-refractivity contribution in [3.8, 4) is 0 Å². The molecular formula is C10H12N2O3. The molecule has 5 heteroatoms. The van der Waals surface area contributed by atoms with E-state index in [9.17, 15) is 14.9 Å². The monoisotopic (exact) mass is 208 g/mol. The quantitative estimate of drug-likeness (QED) is 0.598. The molecule has 0 heterocycles. The van der Waals surface area contributed by atoms with Crippen molar-refractivity contribution in [3.63, 3.8) is 0 Å². The Balaban J connectivity index is 3.33. The maximum atomic E-state index is 10.9. The average molecular weight is 208 g/mol. The van der Waals surface area contributed by atoms with E-state index in [0.717, 1.165) is 5.56 Å². The van der Waals surface area contributed by atoms with Crippen LogP contribution in [-0.2, 0) is 4.79 Å². The van der Waals surface area contributed by atoms with Crippen LogP contribution in [0.2, 0.25) is 0 Å². The third-order valence-corrected chi connectivity index (χ3v) is 2.20. The zero-order valence-electron chi connectivity index (χ0n) is 8.83. The van der Waals surface area contributed by atoms with E-state index in [1.54, 1.807) is 26.0 Å². The number of nitrogens with one attached hydrogen (secondary N) is 1. The van der Waals surface area contributed by atoms with Gasteiger partial charge in [-0.1, -0.05) is 6.07 Å². The maximum absolute atomic E-state index is 10.9. The molecule has 0 spiro atoms. The van der Waals surface area contributed by atoms with Gasteiger partial charge in [0.25, 0.3) is 5.69 Å². The summed E-state index contributed by atoms with van der Waals surface area (Å²) in [5.74, 6) is -0.318. The second kappa shape index (κ2) is 4.08. The fraction of sp³-hybridized carbons (Fsp3) is 0.300. The van der Waals surface area contributed by atoms with Gasteiger partial charge in [0.05, 0.1) is 4.92 Å². The van der Waals surface area contributed by atoms with Gasteiger partial charge < -0.3 is 5.32 Å². The van der Waals surface area contributed by atoms with E-state index >= 15 is 0 Å². The zero-order chi connectivity index (χ0) is 11.6. The summed E-state index contributed by atoms with van der Waals surface area (Å²) in [5, 5.41) is 13.3. The first-order chi connectivity index (χ1) is 6.93. The molecule has 5 nitrogen and oxygen atoms in total. The van der Waals surface area contributed by atoms with Gasteiger partial charge >= 0.3 is 0 Å². The van der Waals surface area contributed by atoms with E-state index in [2.05, 4.69) is 5.32 Å². The van der Waals surface area contributed by atoms with Crippen LogP contribution in [0.15, 0.2) is 12.1 Å². The van der Waals surface area contributed by atoms with Crippen LogP contribution in [-0.4, -0.2) is 10.8 Å². The summed E-state index contributed by atoms with van der Waals surface area (Å²) >= 11 is 0. The minimum Gasteiger partial charge on any atom is -0.321 e. The molecule has 0 fully saturated rings. The summed E-state index contributed by atoms with van der Waals surface area (Å²) in [6.07, 6.45) is 0. The van der Waals surface area contributed by atoms with E-state index in [-0.39, 0.29) is 17.3 Å². The van der Waals surface area contributed by atoms with Crippen LogP contribution in [0.5, 0.6) is 0 Å². The summed E-state index contributed by atoms with van der Waals surface area (Å²) in [7, 11) is 0. The lowest BCUT2D eigenvalue weighted by Crippen LogP contribution is -2.09. The number of amides is 1. The van der Waals surface area contributed by atoms with E-state index in [0.29, 0.717) is 5.56 Å². The molecule has 0 aliphatic rings. The van der Waals surface area contributed by atoms with E-state index in [1.165, 1.54) is 6.92 Å². The van der Waals surface area contributed by atoms with Crippen LogP contribution in [0, 0.1) is 24.0 Å². The number of anilines is 1. The molecule has 1 aromatic carbocycles. The van der Waals surface area contributed by atoms with Gasteiger partial charge in [0, 0.05) is 12.5 Å². The summed E-state index contributed by atoms with van der Waals surface area (Å²) in [5.41, 5.74) is 1.61. The Bertz CT molecular complexity index is 427. The molecule has 0 saturated heterocycles. The number of nitrogens with zero attached hydrogens (tertiary/aromatic N) is 1. The number of aryl methyl sites for hydroxylation is 1. The molecule has 0 saturated carbocycles. The number of benzene rings is 1. The molecule has 0 radical (unpaired) electrons. The lowest BCUT2D eigenvalue weighted by Gasteiger charge is -2.07. The molecule has 1 N–H and O–H groups in total. The predicted octanol–water partition coefficient (Wildman–Crippen LogP) is 2.17. The molecular weight excluding hydrogens is 196 g/mol. The summed E-state index contributed by atoms with van der Waals surface area (Å²) < 4.78 is 0. The van der Waals surface area contributed by atoms with Gasteiger partial charge in [0.2, 0.25) is 5.91 Å². The Labute approximate surface area is 87.3 Å². The lowest BCUT2D eigenvalue weighted by molar-refractivity contribution is -0.384. The minimum atomic E-state index is -0.479. The van der Waals surface area contributed by atoms with E-state index in [1.807, 2.05) is 0 Å². The summed E-state index contributed by atoms with van der Waals surface area (Å²) in [4.78, 5) is 21.2. The number of nitro groups is 1. The van der Waals surface area contributed by atoms with Gasteiger partial charge in [-0.05, 0) is 25.5 Å². The van der Waals surface area contributed by atoms with Crippen molar-refractivity contribution >= 4 is 17.3 Å². The Morgan fingerprint density at radius 3 is 2.47 bits per heavy atom. The summed E-state index contributed by atoms with van der Waals surface area (Å²) in [6.45, 7) is 4.78. The third kappa shape index (κ3) is 2.31. The van der Waals surface area contributed by atoms with Crippen LogP contribution in [0.3, 0.4) is 0 Å². The molecule has 0 aliphatic heterocycles. The van der Waals surface area contributed by atoms with Gasteiger partial charge in [0.15, 0.2) is 0 Å². The minimum absolute atomic E-state index is 0.0369. The largest absolute Gasteiger partial charge is 0.321 e. The Kier molecular flexibility index (Phi) is 3.04. The molecule has 80 valence electrons. The van der Waals surface area contributed by atoms with Crippen LogP contribution in [0.25, 0.3) is 0 Å². The standard InChI is InChI=1S/C10H12N2O3/c1-6-4-5-9(11-8(3)13)10(7(6)2)12(14)15/h4-5H,1-3H3,(H,11,13). The van der Waals surface area contributed by atoms with Crippen LogP contribution in [0.4, 0.5) is 11.4 Å². The van der Waals surface area contributed by atoms with Crippen molar-refractivity contribution in [1.29, 1.82) is 0 Å². The smallest absolute Gasteiger partial charge is 0.295 e. The number of rotatable bonds is 2. The first-order valence-corrected chi connectivity index (χ1v) is 4.45. The van der Waals surface area contributed by atoms with Crippen molar-refractivity contribution in [1.82, 2.24) is 0 Å². The Morgan fingerprint density at radius 1 is 1.40 bits per heavy atom. The zero-order valence-corrected chi connectivity index (χ0v) is 8.83. The number of hydrogen-bond donors (Lipinski definition) is 1. The molecule has 1 amide bonds. The molecule has 0 unspecified atom stereocenters. The van der Waals surface area contributed by atoms with Crippen LogP contribution >= 0.6 is 0 Å². The van der Waals surface area contributed by atoms with Crippen LogP contribution in [0.1, 0.15) is 18.1 Å². The second-order valence-corrected chi connectivity index (χ2v) is 3.34. The van der Waals surface area contributed by atoms with Gasteiger partial charge in [-0.3, -0.25) is 14.9 Å². The number of nitro benzene ring substituents is 1. The van der Waals surface area contributed by atoms with Gasteiger partial charge in [0.1, 0.15) is 5.69 Å². The van der Waals surface area contributed by atoms with Crippen molar-refractivity contribution in [2.75, 3.05) is 5.32 Å². The molecule has 1 aromatic rings. The van der Waals surface area contributed by atoms with E-state index < -0.39 is 4.92 Å². The van der Waals surface area contributed by atoms with Gasteiger partial charge in [-0.25, -0.2) is 0 Å². The second-order valence-electron chi connectivity index (χ2n) is 3.34. The fourth-order valence-electron chi connectivity index (χ4n) is 1.33. The van der Waals surface area contributed by atoms with Crippen molar-refractivity contribution in [3.05, 3.63) is 33.4 Å². The van der Waals surface area contributed by atoms with Crippen molar-refractivity contribution in [2.24, 2.45) is 0 Å². The highest BCUT2D eigenvalue weighted by Crippen LogP contribution is 2.30. The predicted molar refractivity (Wildman–Crippen MR) is 56.9 cm³/mol. The third-order valence-electron chi connectivity index (χ3n) is 2.20. The molecule has 1 rings (SSSR count). The van der Waals surface area contributed by atoms with Gasteiger partial charge in [-0.2, -0.15) is 0 Å². The highest BCUT2D eigenvalue weighted by atomic mass is 16.6. The Morgan fingerprint density at radius 2 is 2.00 bits per heavy atom. The fourth-order valence-corrected chi connectivity index (χ4v) is 1.33. The maximum Gasteiger partial charge on any atom is 0.295 e. The average Bonchev–Trinajstić information content (AvgIpc) is 2.10. The highest BCUT2D eigenvalue weighted by Gasteiger charge is 2.19.